The summed E-state index contributed by atoms with van der Waals surface area (Å²) in [5, 5.41) is 5.24. The molecule has 3 aromatic rings. The fourth-order valence-corrected chi connectivity index (χ4v) is 3.60. The number of nitrogens with one attached hydrogen (secondary N) is 1. The second kappa shape index (κ2) is 11.3. The largest absolute Gasteiger partial charge is 0.497 e. The van der Waals surface area contributed by atoms with Crippen molar-refractivity contribution in [2.45, 2.75) is 20.3 Å². The Morgan fingerprint density at radius 2 is 1.97 bits per heavy atom. The third-order valence-electron chi connectivity index (χ3n) is 4.67. The summed E-state index contributed by atoms with van der Waals surface area (Å²) in [5.41, 5.74) is 2.55. The molecule has 0 saturated carbocycles. The molecule has 1 amide bonds. The zero-order chi connectivity index (χ0) is 22.9. The van der Waals surface area contributed by atoms with Crippen LogP contribution in [0.3, 0.4) is 0 Å². The molecule has 0 fully saturated rings. The summed E-state index contributed by atoms with van der Waals surface area (Å²) in [6.07, 6.45) is 4.17. The number of carbonyl (C=O) groups is 1. The molecule has 0 unspecified atom stereocenters. The topological polar surface area (TPSA) is 69.7 Å². The molecule has 3 rings (SSSR count). The van der Waals surface area contributed by atoms with Gasteiger partial charge >= 0.3 is 0 Å². The summed E-state index contributed by atoms with van der Waals surface area (Å²) in [6.45, 7) is 4.95. The van der Waals surface area contributed by atoms with Crippen molar-refractivity contribution >= 4 is 28.5 Å². The van der Waals surface area contributed by atoms with Gasteiger partial charge in [-0.2, -0.15) is 0 Å². The molecule has 0 spiro atoms. The third-order valence-corrected chi connectivity index (χ3v) is 5.43. The van der Waals surface area contributed by atoms with Crippen LogP contribution in [-0.4, -0.2) is 31.7 Å². The monoisotopic (exact) mass is 452 g/mol. The average Bonchev–Trinajstić information content (AvgIpc) is 3.26. The maximum absolute atomic E-state index is 12.4. The molecule has 1 aromatic heterocycles. The minimum Gasteiger partial charge on any atom is -0.497 e. The molecular weight excluding hydrogens is 424 g/mol. The number of ether oxygens (including phenoxy) is 3. The lowest BCUT2D eigenvalue weighted by Crippen LogP contribution is -2.07. The Kier molecular flexibility index (Phi) is 8.27. The molecule has 0 aliphatic heterocycles. The van der Waals surface area contributed by atoms with Gasteiger partial charge in [-0.3, -0.25) is 10.1 Å². The Labute approximate surface area is 192 Å². The van der Waals surface area contributed by atoms with Gasteiger partial charge in [-0.1, -0.05) is 32.0 Å². The van der Waals surface area contributed by atoms with E-state index in [1.54, 1.807) is 20.3 Å². The number of aromatic nitrogens is 1. The number of benzene rings is 2. The standard InChI is InChI=1S/C25H28N2O4S/c1-17(2)12-13-31-22-10-8-18(14-23(22)30-4)9-11-24(28)27-25-26-21(16-32-25)19-6-5-7-20(15-19)29-3/h5-11,14-17H,12-13H2,1-4H3,(H,26,27,28). The predicted octanol–water partition coefficient (Wildman–Crippen LogP) is 5.90. The minimum atomic E-state index is -0.257. The quantitative estimate of drug-likeness (QED) is 0.388. The van der Waals surface area contributed by atoms with E-state index < -0.39 is 0 Å². The Bertz CT molecular complexity index is 1080. The van der Waals surface area contributed by atoms with Crippen molar-refractivity contribution in [2.24, 2.45) is 5.92 Å². The van der Waals surface area contributed by atoms with Crippen LogP contribution in [0, 0.1) is 5.92 Å². The molecule has 2 aromatic carbocycles. The molecule has 32 heavy (non-hydrogen) atoms. The van der Waals surface area contributed by atoms with Crippen LogP contribution in [0.25, 0.3) is 17.3 Å². The lowest BCUT2D eigenvalue weighted by atomic mass is 10.1. The van der Waals surface area contributed by atoms with Crippen molar-refractivity contribution in [3.05, 3.63) is 59.5 Å². The normalized spacial score (nSPS) is 11.0. The van der Waals surface area contributed by atoms with Crippen molar-refractivity contribution in [2.75, 3.05) is 26.1 Å². The van der Waals surface area contributed by atoms with Gasteiger partial charge in [-0.25, -0.2) is 4.98 Å². The molecule has 0 atom stereocenters. The first-order chi connectivity index (χ1) is 15.5. The molecule has 0 aliphatic rings. The van der Waals surface area contributed by atoms with E-state index in [1.165, 1.54) is 17.4 Å². The number of amides is 1. The van der Waals surface area contributed by atoms with E-state index in [0.29, 0.717) is 29.2 Å². The van der Waals surface area contributed by atoms with Gasteiger partial charge in [-0.15, -0.1) is 11.3 Å². The van der Waals surface area contributed by atoms with Gasteiger partial charge in [0.2, 0.25) is 5.91 Å². The highest BCUT2D eigenvalue weighted by molar-refractivity contribution is 7.14. The Balaban J connectivity index is 1.61. The summed E-state index contributed by atoms with van der Waals surface area (Å²) in [4.78, 5) is 16.8. The van der Waals surface area contributed by atoms with Gasteiger partial charge in [0.05, 0.1) is 26.5 Å². The van der Waals surface area contributed by atoms with Crippen LogP contribution >= 0.6 is 11.3 Å². The summed E-state index contributed by atoms with van der Waals surface area (Å²) in [6, 6.07) is 13.2. The van der Waals surface area contributed by atoms with Gasteiger partial charge < -0.3 is 14.2 Å². The molecule has 0 bridgehead atoms. The molecule has 0 aliphatic carbocycles. The first kappa shape index (κ1) is 23.3. The minimum absolute atomic E-state index is 0.257. The van der Waals surface area contributed by atoms with Crippen LogP contribution in [0.2, 0.25) is 0 Å². The molecule has 0 radical (unpaired) electrons. The lowest BCUT2D eigenvalue weighted by Gasteiger charge is -2.12. The zero-order valence-electron chi connectivity index (χ0n) is 18.8. The van der Waals surface area contributed by atoms with Crippen LogP contribution < -0.4 is 19.5 Å². The first-order valence-electron chi connectivity index (χ1n) is 10.4. The molecule has 1 N–H and O–H groups in total. The van der Waals surface area contributed by atoms with Crippen LogP contribution in [0.4, 0.5) is 5.13 Å². The Hall–Kier alpha value is -3.32. The molecule has 7 heteroatoms. The zero-order valence-corrected chi connectivity index (χ0v) is 19.6. The number of hydrogen-bond donors (Lipinski definition) is 1. The fourth-order valence-electron chi connectivity index (χ4n) is 2.88. The SMILES string of the molecule is COc1cccc(-c2csc(NC(=O)C=Cc3ccc(OCCC(C)C)c(OC)c3)n2)c1. The third kappa shape index (κ3) is 6.59. The van der Waals surface area contributed by atoms with E-state index in [-0.39, 0.29) is 5.91 Å². The Morgan fingerprint density at radius 1 is 1.12 bits per heavy atom. The lowest BCUT2D eigenvalue weighted by molar-refractivity contribution is -0.111. The van der Waals surface area contributed by atoms with E-state index in [2.05, 4.69) is 24.1 Å². The number of hydrogen-bond acceptors (Lipinski definition) is 6. The van der Waals surface area contributed by atoms with Crippen molar-refractivity contribution in [3.63, 3.8) is 0 Å². The summed E-state index contributed by atoms with van der Waals surface area (Å²) < 4.78 is 16.5. The fraction of sp³-hybridized carbons (Fsp3) is 0.280. The predicted molar refractivity (Wildman–Crippen MR) is 130 cm³/mol. The highest BCUT2D eigenvalue weighted by Crippen LogP contribution is 2.29. The summed E-state index contributed by atoms with van der Waals surface area (Å²) in [7, 11) is 3.23. The maximum atomic E-state index is 12.4. The summed E-state index contributed by atoms with van der Waals surface area (Å²) >= 11 is 1.37. The second-order valence-corrected chi connectivity index (χ2v) is 8.39. The van der Waals surface area contributed by atoms with Crippen molar-refractivity contribution in [1.82, 2.24) is 4.98 Å². The summed E-state index contributed by atoms with van der Waals surface area (Å²) in [5.74, 6) is 2.41. The number of thiazole rings is 1. The van der Waals surface area contributed by atoms with Crippen LogP contribution in [0.5, 0.6) is 17.2 Å². The van der Waals surface area contributed by atoms with Crippen molar-refractivity contribution in [3.8, 4) is 28.5 Å². The van der Waals surface area contributed by atoms with E-state index in [0.717, 1.165) is 29.0 Å². The van der Waals surface area contributed by atoms with Crippen LogP contribution in [0.15, 0.2) is 53.9 Å². The number of carbonyl (C=O) groups excluding carboxylic acids is 1. The maximum Gasteiger partial charge on any atom is 0.250 e. The van der Waals surface area contributed by atoms with E-state index >= 15 is 0 Å². The molecular formula is C25H28N2O4S. The number of anilines is 1. The van der Waals surface area contributed by atoms with Crippen molar-refractivity contribution < 1.29 is 19.0 Å². The molecule has 1 heterocycles. The van der Waals surface area contributed by atoms with E-state index in [4.69, 9.17) is 14.2 Å². The highest BCUT2D eigenvalue weighted by atomic mass is 32.1. The smallest absolute Gasteiger partial charge is 0.250 e. The number of nitrogens with zero attached hydrogens (tertiary/aromatic N) is 1. The number of rotatable bonds is 10. The van der Waals surface area contributed by atoms with E-state index in [1.807, 2.05) is 47.8 Å². The highest BCUT2D eigenvalue weighted by Gasteiger charge is 2.08. The molecule has 0 saturated heterocycles. The van der Waals surface area contributed by atoms with Gasteiger partial charge in [0.1, 0.15) is 5.75 Å². The van der Waals surface area contributed by atoms with Gasteiger partial charge in [0.15, 0.2) is 16.6 Å². The molecule has 168 valence electrons. The van der Waals surface area contributed by atoms with Gasteiger partial charge in [0, 0.05) is 17.0 Å². The Morgan fingerprint density at radius 3 is 2.72 bits per heavy atom. The van der Waals surface area contributed by atoms with Crippen molar-refractivity contribution in [1.29, 1.82) is 0 Å². The molecule has 6 nitrogen and oxygen atoms in total. The van der Waals surface area contributed by atoms with Crippen LogP contribution in [-0.2, 0) is 4.79 Å². The van der Waals surface area contributed by atoms with Gasteiger partial charge in [-0.05, 0) is 48.2 Å². The first-order valence-corrected chi connectivity index (χ1v) is 11.3. The average molecular weight is 453 g/mol. The number of methoxy groups -OCH3 is 2. The van der Waals surface area contributed by atoms with E-state index in [9.17, 15) is 4.79 Å². The van der Waals surface area contributed by atoms with Gasteiger partial charge in [0.25, 0.3) is 0 Å². The second-order valence-electron chi connectivity index (χ2n) is 7.53. The van der Waals surface area contributed by atoms with Crippen LogP contribution in [0.1, 0.15) is 25.8 Å².